The van der Waals surface area contributed by atoms with Crippen molar-refractivity contribution in [3.63, 3.8) is 0 Å². The zero-order chi connectivity index (χ0) is 37.5. The zero-order valence-corrected chi connectivity index (χ0v) is 31.7. The van der Waals surface area contributed by atoms with E-state index in [9.17, 15) is 0 Å². The summed E-state index contributed by atoms with van der Waals surface area (Å²) >= 11 is 0. The maximum absolute atomic E-state index is 3.66. The van der Waals surface area contributed by atoms with Gasteiger partial charge in [0.25, 0.3) is 0 Å². The molecule has 1 heterocycles. The maximum Gasteiger partial charge on any atom is 0.0465 e. The summed E-state index contributed by atoms with van der Waals surface area (Å²) in [5.74, 6) is 0. The van der Waals surface area contributed by atoms with Gasteiger partial charge in [-0.3, -0.25) is 0 Å². The van der Waals surface area contributed by atoms with Crippen molar-refractivity contribution >= 4 is 55.9 Å². The molecule has 8 aromatic carbocycles. The van der Waals surface area contributed by atoms with Crippen LogP contribution in [-0.2, 0) is 0 Å². The van der Waals surface area contributed by atoms with E-state index < -0.39 is 0 Å². The van der Waals surface area contributed by atoms with Gasteiger partial charge in [0.05, 0.1) is 0 Å². The highest BCUT2D eigenvalue weighted by Gasteiger charge is 2.16. The summed E-state index contributed by atoms with van der Waals surface area (Å²) in [6, 6.07) is 66.3. The van der Waals surface area contributed by atoms with Crippen LogP contribution in [0.4, 0.5) is 34.1 Å². The summed E-state index contributed by atoms with van der Waals surface area (Å²) in [5.41, 5.74) is 18.9. The van der Waals surface area contributed by atoms with Crippen LogP contribution in [0.2, 0.25) is 0 Å². The largest absolute Gasteiger partial charge is 0.355 e. The van der Waals surface area contributed by atoms with Gasteiger partial charge in [-0.15, -0.1) is 0 Å². The van der Waals surface area contributed by atoms with Crippen LogP contribution in [0.25, 0.3) is 44.1 Å². The van der Waals surface area contributed by atoms with Crippen molar-refractivity contribution < 1.29 is 0 Å². The molecule has 3 nitrogen and oxygen atoms in total. The number of aryl methyl sites for hydroxylation is 4. The van der Waals surface area contributed by atoms with Crippen molar-refractivity contribution in [2.24, 2.45) is 0 Å². The highest BCUT2D eigenvalue weighted by atomic mass is 15.1. The predicted molar refractivity (Wildman–Crippen MR) is 235 cm³/mol. The van der Waals surface area contributed by atoms with Crippen molar-refractivity contribution in [3.8, 4) is 22.3 Å². The van der Waals surface area contributed by atoms with Gasteiger partial charge < -0.3 is 14.8 Å². The second-order valence-electron chi connectivity index (χ2n) is 14.8. The van der Waals surface area contributed by atoms with E-state index in [1.807, 2.05) is 0 Å². The standard InChI is InChI=1S/C52H43N3/c1-35-9-5-13-45(29-35)54(46-14-6-10-36(2)30-46)43-23-17-39(18-24-43)41-21-27-51-49(33-41)50-34-42(22-28-52(50)53-51)40-19-25-44(26-20-40)55(47-15-7-11-37(3)31-47)48-16-8-12-38(4)32-48/h5-34,53H,1-4H3. The Bertz CT molecular complexity index is 2520. The molecule has 0 aliphatic heterocycles. The van der Waals surface area contributed by atoms with Gasteiger partial charge in [-0.2, -0.15) is 0 Å². The number of hydrogen-bond donors (Lipinski definition) is 1. The third-order valence-electron chi connectivity index (χ3n) is 10.6. The van der Waals surface area contributed by atoms with Gasteiger partial charge >= 0.3 is 0 Å². The maximum atomic E-state index is 3.66. The molecule has 9 aromatic rings. The quantitative estimate of drug-likeness (QED) is 0.170. The summed E-state index contributed by atoms with van der Waals surface area (Å²) in [7, 11) is 0. The monoisotopic (exact) mass is 709 g/mol. The molecule has 3 heteroatoms. The second-order valence-corrected chi connectivity index (χ2v) is 14.8. The zero-order valence-electron chi connectivity index (χ0n) is 31.7. The molecule has 0 aliphatic carbocycles. The molecule has 0 bridgehead atoms. The van der Waals surface area contributed by atoms with Crippen molar-refractivity contribution in [2.45, 2.75) is 27.7 Å². The lowest BCUT2D eigenvalue weighted by atomic mass is 9.99. The number of aromatic nitrogens is 1. The molecule has 0 atom stereocenters. The van der Waals surface area contributed by atoms with E-state index in [1.54, 1.807) is 0 Å². The first-order valence-corrected chi connectivity index (χ1v) is 19.0. The third-order valence-corrected chi connectivity index (χ3v) is 10.6. The Morgan fingerprint density at radius 1 is 0.291 bits per heavy atom. The Hall–Kier alpha value is -6.84. The average molecular weight is 710 g/mol. The Morgan fingerprint density at radius 2 is 0.600 bits per heavy atom. The molecular weight excluding hydrogens is 667 g/mol. The first-order valence-electron chi connectivity index (χ1n) is 19.0. The van der Waals surface area contributed by atoms with Crippen LogP contribution in [-0.4, -0.2) is 4.98 Å². The normalized spacial score (nSPS) is 11.3. The van der Waals surface area contributed by atoms with Crippen molar-refractivity contribution in [1.82, 2.24) is 4.98 Å². The highest BCUT2D eigenvalue weighted by molar-refractivity contribution is 6.09. The second kappa shape index (κ2) is 14.2. The number of nitrogens with one attached hydrogen (secondary N) is 1. The number of anilines is 6. The summed E-state index contributed by atoms with van der Waals surface area (Å²) in [6.07, 6.45) is 0. The van der Waals surface area contributed by atoms with Gasteiger partial charge in [0.2, 0.25) is 0 Å². The molecular formula is C52H43N3. The lowest BCUT2D eigenvalue weighted by molar-refractivity contribution is 1.26. The topological polar surface area (TPSA) is 22.3 Å². The van der Waals surface area contributed by atoms with Gasteiger partial charge in [0, 0.05) is 55.9 Å². The molecule has 0 radical (unpaired) electrons. The van der Waals surface area contributed by atoms with E-state index in [2.05, 4.69) is 224 Å². The van der Waals surface area contributed by atoms with Crippen LogP contribution < -0.4 is 9.80 Å². The van der Waals surface area contributed by atoms with Crippen LogP contribution in [0.3, 0.4) is 0 Å². The highest BCUT2D eigenvalue weighted by Crippen LogP contribution is 2.39. The van der Waals surface area contributed by atoms with Gasteiger partial charge in [-0.25, -0.2) is 0 Å². The number of fused-ring (bicyclic) bond motifs is 3. The molecule has 1 aromatic heterocycles. The summed E-state index contributed by atoms with van der Waals surface area (Å²) in [5, 5.41) is 2.45. The number of rotatable bonds is 8. The van der Waals surface area contributed by atoms with Crippen molar-refractivity contribution in [3.05, 3.63) is 204 Å². The van der Waals surface area contributed by atoms with Crippen LogP contribution in [0.1, 0.15) is 22.3 Å². The van der Waals surface area contributed by atoms with Crippen LogP contribution in [0.15, 0.2) is 182 Å². The summed E-state index contributed by atoms with van der Waals surface area (Å²) in [6.45, 7) is 8.59. The molecule has 0 fully saturated rings. The number of hydrogen-bond acceptors (Lipinski definition) is 2. The minimum absolute atomic E-state index is 1.13. The lowest BCUT2D eigenvalue weighted by Gasteiger charge is -2.26. The molecule has 0 spiro atoms. The fourth-order valence-electron chi connectivity index (χ4n) is 7.82. The van der Waals surface area contributed by atoms with Gasteiger partial charge in [-0.05, 0) is 169 Å². The Balaban J connectivity index is 1.04. The fourth-order valence-corrected chi connectivity index (χ4v) is 7.82. The third kappa shape index (κ3) is 6.77. The first-order chi connectivity index (χ1) is 26.9. The van der Waals surface area contributed by atoms with Crippen LogP contribution in [0, 0.1) is 27.7 Å². The van der Waals surface area contributed by atoms with E-state index >= 15 is 0 Å². The number of nitrogens with zero attached hydrogens (tertiary/aromatic N) is 2. The molecule has 55 heavy (non-hydrogen) atoms. The van der Waals surface area contributed by atoms with Crippen molar-refractivity contribution in [1.29, 1.82) is 0 Å². The number of benzene rings is 8. The van der Waals surface area contributed by atoms with E-state index in [0.29, 0.717) is 0 Å². The van der Waals surface area contributed by atoms with Gasteiger partial charge in [0.1, 0.15) is 0 Å². The summed E-state index contributed by atoms with van der Waals surface area (Å²) in [4.78, 5) is 8.33. The van der Waals surface area contributed by atoms with E-state index in [-0.39, 0.29) is 0 Å². The predicted octanol–water partition coefficient (Wildman–Crippen LogP) is 14.8. The Morgan fingerprint density at radius 3 is 0.909 bits per heavy atom. The molecule has 0 aliphatic rings. The van der Waals surface area contributed by atoms with Gasteiger partial charge in [-0.1, -0.05) is 84.9 Å². The van der Waals surface area contributed by atoms with Crippen LogP contribution >= 0.6 is 0 Å². The van der Waals surface area contributed by atoms with Crippen molar-refractivity contribution in [2.75, 3.05) is 9.80 Å². The molecule has 1 N–H and O–H groups in total. The molecule has 0 amide bonds. The van der Waals surface area contributed by atoms with E-state index in [0.717, 1.165) is 45.2 Å². The van der Waals surface area contributed by atoms with E-state index in [4.69, 9.17) is 0 Å². The number of H-pyrrole nitrogens is 1. The molecule has 0 unspecified atom stereocenters. The smallest absolute Gasteiger partial charge is 0.0465 e. The lowest BCUT2D eigenvalue weighted by Crippen LogP contribution is -2.10. The Labute approximate surface area is 323 Å². The molecule has 0 saturated heterocycles. The Kier molecular flexibility index (Phi) is 8.76. The SMILES string of the molecule is Cc1cccc(N(c2ccc(-c3ccc4[nH]c5ccc(-c6ccc(N(c7cccc(C)c7)c7cccc(C)c7)cc6)cc5c4c3)cc2)c2cccc(C)c2)c1. The van der Waals surface area contributed by atoms with Gasteiger partial charge in [0.15, 0.2) is 0 Å². The minimum Gasteiger partial charge on any atom is -0.355 e. The average Bonchev–Trinajstić information content (AvgIpc) is 3.56. The summed E-state index contributed by atoms with van der Waals surface area (Å²) < 4.78 is 0. The molecule has 0 saturated carbocycles. The fraction of sp³-hybridized carbons (Fsp3) is 0.0769. The molecule has 266 valence electrons. The minimum atomic E-state index is 1.13. The first kappa shape index (κ1) is 34.0. The van der Waals surface area contributed by atoms with E-state index in [1.165, 1.54) is 55.3 Å². The van der Waals surface area contributed by atoms with Crippen LogP contribution in [0.5, 0.6) is 0 Å². The molecule has 9 rings (SSSR count). The number of aromatic amines is 1.